The van der Waals surface area contributed by atoms with Crippen LogP contribution in [0.25, 0.3) is 0 Å². The molecule has 1 amide bonds. The zero-order valence-electron chi connectivity index (χ0n) is 15.7. The molecule has 1 N–H and O–H groups in total. The van der Waals surface area contributed by atoms with Gasteiger partial charge in [0.15, 0.2) is 0 Å². The fourth-order valence-corrected chi connectivity index (χ4v) is 4.44. The van der Waals surface area contributed by atoms with Gasteiger partial charge < -0.3 is 4.90 Å². The Morgan fingerprint density at radius 2 is 1.83 bits per heavy atom. The van der Waals surface area contributed by atoms with Crippen LogP contribution < -0.4 is 9.62 Å². The minimum absolute atomic E-state index is 0.175. The summed E-state index contributed by atoms with van der Waals surface area (Å²) in [5.74, 6) is -0.790. The standard InChI is InChI=1S/C22H19FN2O3S/c1-15-9-10-19(14-20(15)23)29(27,28)24-18-7-4-6-17(13-18)22(26)25-12-11-16-5-2-3-8-21(16)25/h2-10,13-14,24H,11-12H2,1H3. The molecule has 0 aromatic heterocycles. The van der Waals surface area contributed by atoms with E-state index in [4.69, 9.17) is 0 Å². The molecule has 148 valence electrons. The fraction of sp³-hybridized carbons (Fsp3) is 0.136. The van der Waals surface area contributed by atoms with Crippen molar-refractivity contribution in [1.29, 1.82) is 0 Å². The second-order valence-corrected chi connectivity index (χ2v) is 8.62. The number of anilines is 2. The van der Waals surface area contributed by atoms with Gasteiger partial charge in [0.1, 0.15) is 5.82 Å². The Labute approximate surface area is 168 Å². The monoisotopic (exact) mass is 410 g/mol. The summed E-state index contributed by atoms with van der Waals surface area (Å²) in [5.41, 5.74) is 2.96. The predicted molar refractivity (Wildman–Crippen MR) is 110 cm³/mol. The van der Waals surface area contributed by atoms with Crippen LogP contribution in [0.15, 0.2) is 71.6 Å². The van der Waals surface area contributed by atoms with Gasteiger partial charge in [-0.05, 0) is 60.9 Å². The van der Waals surface area contributed by atoms with Gasteiger partial charge in [-0.3, -0.25) is 9.52 Å². The summed E-state index contributed by atoms with van der Waals surface area (Å²) in [6, 6.07) is 17.8. The van der Waals surface area contributed by atoms with Crippen molar-refractivity contribution in [1.82, 2.24) is 0 Å². The van der Waals surface area contributed by atoms with Gasteiger partial charge in [0.2, 0.25) is 0 Å². The van der Waals surface area contributed by atoms with E-state index < -0.39 is 15.8 Å². The molecule has 0 bridgehead atoms. The topological polar surface area (TPSA) is 66.5 Å². The summed E-state index contributed by atoms with van der Waals surface area (Å²) in [7, 11) is -3.98. The maximum absolute atomic E-state index is 13.8. The second kappa shape index (κ2) is 7.33. The number of hydrogen-bond acceptors (Lipinski definition) is 3. The lowest BCUT2D eigenvalue weighted by Gasteiger charge is -2.18. The molecule has 7 heteroatoms. The highest BCUT2D eigenvalue weighted by molar-refractivity contribution is 7.92. The highest BCUT2D eigenvalue weighted by atomic mass is 32.2. The zero-order valence-corrected chi connectivity index (χ0v) is 16.5. The smallest absolute Gasteiger partial charge is 0.261 e. The molecule has 0 aliphatic carbocycles. The Kier molecular flexibility index (Phi) is 4.84. The van der Waals surface area contributed by atoms with Crippen LogP contribution in [0.3, 0.4) is 0 Å². The van der Waals surface area contributed by atoms with Crippen molar-refractivity contribution in [3.8, 4) is 0 Å². The summed E-state index contributed by atoms with van der Waals surface area (Å²) >= 11 is 0. The van der Waals surface area contributed by atoms with E-state index in [1.807, 2.05) is 24.3 Å². The maximum atomic E-state index is 13.8. The molecule has 3 aromatic rings. The molecule has 1 aliphatic rings. The molecule has 0 fully saturated rings. The summed E-state index contributed by atoms with van der Waals surface area (Å²) in [6.45, 7) is 2.14. The number of halogens is 1. The Bertz CT molecular complexity index is 1210. The summed E-state index contributed by atoms with van der Waals surface area (Å²) < 4.78 is 41.4. The highest BCUT2D eigenvalue weighted by Gasteiger charge is 2.25. The van der Waals surface area contributed by atoms with Crippen LogP contribution in [0.1, 0.15) is 21.5 Å². The van der Waals surface area contributed by atoms with Crippen molar-refractivity contribution < 1.29 is 17.6 Å². The van der Waals surface area contributed by atoms with Gasteiger partial charge in [-0.25, -0.2) is 12.8 Å². The second-order valence-electron chi connectivity index (χ2n) is 6.93. The molecule has 0 saturated carbocycles. The first-order valence-corrected chi connectivity index (χ1v) is 10.6. The third-order valence-corrected chi connectivity index (χ3v) is 6.33. The number of aryl methyl sites for hydroxylation is 1. The molecule has 0 unspecified atom stereocenters. The SMILES string of the molecule is Cc1ccc(S(=O)(=O)Nc2cccc(C(=O)N3CCc4ccccc43)c2)cc1F. The van der Waals surface area contributed by atoms with Gasteiger partial charge in [0, 0.05) is 23.5 Å². The van der Waals surface area contributed by atoms with Crippen LogP contribution in [0.5, 0.6) is 0 Å². The lowest BCUT2D eigenvalue weighted by atomic mass is 10.1. The number of rotatable bonds is 4. The van der Waals surface area contributed by atoms with E-state index in [1.165, 1.54) is 18.2 Å². The number of fused-ring (bicyclic) bond motifs is 1. The van der Waals surface area contributed by atoms with E-state index in [9.17, 15) is 17.6 Å². The number of carbonyl (C=O) groups excluding carboxylic acids is 1. The van der Waals surface area contributed by atoms with Crippen molar-refractivity contribution in [3.05, 3.63) is 89.2 Å². The number of carbonyl (C=O) groups is 1. The minimum atomic E-state index is -3.98. The molecule has 3 aromatic carbocycles. The lowest BCUT2D eigenvalue weighted by molar-refractivity contribution is 0.0989. The molecule has 0 spiro atoms. The third kappa shape index (κ3) is 3.73. The number of nitrogens with zero attached hydrogens (tertiary/aromatic N) is 1. The molecular weight excluding hydrogens is 391 g/mol. The quantitative estimate of drug-likeness (QED) is 0.703. The van der Waals surface area contributed by atoms with Crippen molar-refractivity contribution in [2.45, 2.75) is 18.2 Å². The van der Waals surface area contributed by atoms with E-state index in [0.717, 1.165) is 23.7 Å². The van der Waals surface area contributed by atoms with Crippen LogP contribution >= 0.6 is 0 Å². The van der Waals surface area contributed by atoms with Gasteiger partial charge in [0.05, 0.1) is 4.90 Å². The molecule has 0 radical (unpaired) electrons. The van der Waals surface area contributed by atoms with E-state index in [0.29, 0.717) is 17.7 Å². The van der Waals surface area contributed by atoms with Gasteiger partial charge >= 0.3 is 0 Å². The van der Waals surface area contributed by atoms with Crippen molar-refractivity contribution in [2.75, 3.05) is 16.2 Å². The Balaban J connectivity index is 1.59. The molecule has 5 nitrogen and oxygen atoms in total. The highest BCUT2D eigenvalue weighted by Crippen LogP contribution is 2.29. The van der Waals surface area contributed by atoms with Crippen LogP contribution in [-0.2, 0) is 16.4 Å². The lowest BCUT2D eigenvalue weighted by Crippen LogP contribution is -2.28. The van der Waals surface area contributed by atoms with Crippen LogP contribution in [0, 0.1) is 12.7 Å². The summed E-state index contributed by atoms with van der Waals surface area (Å²) in [6.07, 6.45) is 0.785. The number of benzene rings is 3. The molecule has 4 rings (SSSR count). The van der Waals surface area contributed by atoms with Crippen molar-refractivity contribution >= 4 is 27.3 Å². The molecular formula is C22H19FN2O3S. The average molecular weight is 410 g/mol. The first-order chi connectivity index (χ1) is 13.8. The summed E-state index contributed by atoms with van der Waals surface area (Å²) in [5, 5.41) is 0. The number of sulfonamides is 1. The predicted octanol–water partition coefficient (Wildman–Crippen LogP) is 4.14. The number of nitrogens with one attached hydrogen (secondary N) is 1. The van der Waals surface area contributed by atoms with Crippen LogP contribution in [0.2, 0.25) is 0 Å². The number of hydrogen-bond donors (Lipinski definition) is 1. The van der Waals surface area contributed by atoms with Crippen LogP contribution in [0.4, 0.5) is 15.8 Å². The fourth-order valence-electron chi connectivity index (χ4n) is 3.38. The van der Waals surface area contributed by atoms with Crippen molar-refractivity contribution in [2.24, 2.45) is 0 Å². The molecule has 0 atom stereocenters. The van der Waals surface area contributed by atoms with E-state index in [-0.39, 0.29) is 16.5 Å². The number of para-hydroxylation sites is 1. The normalized spacial score (nSPS) is 13.2. The van der Waals surface area contributed by atoms with Gasteiger partial charge in [-0.15, -0.1) is 0 Å². The van der Waals surface area contributed by atoms with E-state index >= 15 is 0 Å². The van der Waals surface area contributed by atoms with Crippen molar-refractivity contribution in [3.63, 3.8) is 0 Å². The Hall–Kier alpha value is -3.19. The molecule has 29 heavy (non-hydrogen) atoms. The van der Waals surface area contributed by atoms with Crippen LogP contribution in [-0.4, -0.2) is 20.9 Å². The zero-order chi connectivity index (χ0) is 20.6. The Morgan fingerprint density at radius 3 is 2.62 bits per heavy atom. The average Bonchev–Trinajstić information content (AvgIpc) is 3.13. The van der Waals surface area contributed by atoms with Gasteiger partial charge in [-0.1, -0.05) is 30.3 Å². The first-order valence-electron chi connectivity index (χ1n) is 9.14. The molecule has 1 aliphatic heterocycles. The molecule has 1 heterocycles. The largest absolute Gasteiger partial charge is 0.308 e. The number of amides is 1. The van der Waals surface area contributed by atoms with E-state index in [2.05, 4.69) is 4.72 Å². The van der Waals surface area contributed by atoms with Gasteiger partial charge in [0.25, 0.3) is 15.9 Å². The maximum Gasteiger partial charge on any atom is 0.261 e. The van der Waals surface area contributed by atoms with Gasteiger partial charge in [-0.2, -0.15) is 0 Å². The first kappa shape index (κ1) is 19.1. The van der Waals surface area contributed by atoms with E-state index in [1.54, 1.807) is 30.0 Å². The Morgan fingerprint density at radius 1 is 1.03 bits per heavy atom. The third-order valence-electron chi connectivity index (χ3n) is 4.95. The minimum Gasteiger partial charge on any atom is -0.308 e. The summed E-state index contributed by atoms with van der Waals surface area (Å²) in [4.78, 5) is 14.5. The molecule has 0 saturated heterocycles.